The van der Waals surface area contributed by atoms with Gasteiger partial charge in [-0.25, -0.2) is 4.39 Å². The van der Waals surface area contributed by atoms with Crippen LogP contribution in [0, 0.1) is 11.2 Å². The number of carbonyl (C=O) groups is 2. The van der Waals surface area contributed by atoms with E-state index in [-0.39, 0.29) is 17.6 Å². The van der Waals surface area contributed by atoms with Gasteiger partial charge in [0.05, 0.1) is 0 Å². The van der Waals surface area contributed by atoms with Crippen LogP contribution in [0.1, 0.15) is 45.6 Å². The molecule has 1 N–H and O–H groups in total. The lowest BCUT2D eigenvalue weighted by Crippen LogP contribution is -2.37. The van der Waals surface area contributed by atoms with E-state index in [1.54, 1.807) is 0 Å². The molecule has 27 heavy (non-hydrogen) atoms. The molecular formula is C21H32FN3O2. The number of rotatable bonds is 6. The minimum Gasteiger partial charge on any atom is -0.356 e. The van der Waals surface area contributed by atoms with Crippen molar-refractivity contribution in [2.24, 2.45) is 5.41 Å². The van der Waals surface area contributed by atoms with Gasteiger partial charge >= 0.3 is 0 Å². The molecule has 2 rings (SSSR count). The molecule has 0 aromatic heterocycles. The highest BCUT2D eigenvalue weighted by Gasteiger charge is 2.21. The third-order valence-electron chi connectivity index (χ3n) is 4.79. The highest BCUT2D eigenvalue weighted by atomic mass is 19.1. The molecule has 0 radical (unpaired) electrons. The van der Waals surface area contributed by atoms with Crippen molar-refractivity contribution in [2.45, 2.75) is 46.6 Å². The maximum absolute atomic E-state index is 13.0. The smallest absolute Gasteiger partial charge is 0.225 e. The number of halogens is 1. The molecule has 0 bridgehead atoms. The number of hydrogen-bond acceptors (Lipinski definition) is 3. The molecule has 0 saturated carbocycles. The number of amides is 2. The van der Waals surface area contributed by atoms with Crippen LogP contribution in [0.15, 0.2) is 24.3 Å². The summed E-state index contributed by atoms with van der Waals surface area (Å²) in [6, 6.07) is 6.60. The number of nitrogens with zero attached hydrogens (tertiary/aromatic N) is 2. The highest BCUT2D eigenvalue weighted by molar-refractivity contribution is 5.81. The lowest BCUT2D eigenvalue weighted by Gasteiger charge is -2.22. The summed E-state index contributed by atoms with van der Waals surface area (Å²) < 4.78 is 13.0. The van der Waals surface area contributed by atoms with Crippen molar-refractivity contribution in [1.29, 1.82) is 0 Å². The lowest BCUT2D eigenvalue weighted by molar-refractivity contribution is -0.132. The van der Waals surface area contributed by atoms with Crippen LogP contribution in [-0.2, 0) is 16.1 Å². The fourth-order valence-electron chi connectivity index (χ4n) is 3.09. The molecule has 2 amide bonds. The van der Waals surface area contributed by atoms with E-state index in [9.17, 15) is 14.0 Å². The highest BCUT2D eigenvalue weighted by Crippen LogP contribution is 2.13. The molecule has 6 heteroatoms. The van der Waals surface area contributed by atoms with Gasteiger partial charge in [0.1, 0.15) is 5.82 Å². The lowest BCUT2D eigenvalue weighted by atomic mass is 9.96. The monoisotopic (exact) mass is 377 g/mol. The van der Waals surface area contributed by atoms with Crippen LogP contribution in [0.4, 0.5) is 4.39 Å². The Bertz CT molecular complexity index is 625. The van der Waals surface area contributed by atoms with E-state index >= 15 is 0 Å². The van der Waals surface area contributed by atoms with Crippen LogP contribution in [0.5, 0.6) is 0 Å². The van der Waals surface area contributed by atoms with Crippen molar-refractivity contribution in [1.82, 2.24) is 15.1 Å². The summed E-state index contributed by atoms with van der Waals surface area (Å²) in [6.45, 7) is 10.2. The molecule has 0 unspecified atom stereocenters. The van der Waals surface area contributed by atoms with Crippen LogP contribution >= 0.6 is 0 Å². The van der Waals surface area contributed by atoms with Gasteiger partial charge in [-0.1, -0.05) is 32.9 Å². The van der Waals surface area contributed by atoms with E-state index in [1.165, 1.54) is 12.1 Å². The van der Waals surface area contributed by atoms with E-state index in [2.05, 4.69) is 10.2 Å². The van der Waals surface area contributed by atoms with Crippen molar-refractivity contribution in [3.63, 3.8) is 0 Å². The number of carbonyl (C=O) groups excluding carboxylic acids is 2. The normalized spacial score (nSPS) is 16.1. The Hall–Kier alpha value is -1.95. The first-order valence-electron chi connectivity index (χ1n) is 9.78. The second kappa shape index (κ2) is 9.83. The van der Waals surface area contributed by atoms with Crippen LogP contribution in [0.25, 0.3) is 0 Å². The fourth-order valence-corrected chi connectivity index (χ4v) is 3.09. The van der Waals surface area contributed by atoms with Gasteiger partial charge in [0.2, 0.25) is 11.8 Å². The van der Waals surface area contributed by atoms with Crippen LogP contribution in [0.2, 0.25) is 0 Å². The van der Waals surface area contributed by atoms with Gasteiger partial charge in [-0.15, -0.1) is 0 Å². The summed E-state index contributed by atoms with van der Waals surface area (Å²) in [6.07, 6.45) is 2.06. The van der Waals surface area contributed by atoms with E-state index in [0.717, 1.165) is 38.2 Å². The zero-order chi connectivity index (χ0) is 19.9. The molecule has 1 aliphatic rings. The second-order valence-electron chi connectivity index (χ2n) is 8.25. The summed E-state index contributed by atoms with van der Waals surface area (Å²) in [4.78, 5) is 28.5. The first-order chi connectivity index (χ1) is 12.8. The van der Waals surface area contributed by atoms with E-state index < -0.39 is 5.41 Å². The molecule has 0 atom stereocenters. The topological polar surface area (TPSA) is 52.7 Å². The van der Waals surface area contributed by atoms with Crippen molar-refractivity contribution < 1.29 is 14.0 Å². The Balaban J connectivity index is 1.71. The molecular weight excluding hydrogens is 345 g/mol. The minimum absolute atomic E-state index is 0.0150. The first-order valence-corrected chi connectivity index (χ1v) is 9.78. The number of hydrogen-bond donors (Lipinski definition) is 1. The summed E-state index contributed by atoms with van der Waals surface area (Å²) in [5.41, 5.74) is 0.689. The Morgan fingerprint density at radius 3 is 2.44 bits per heavy atom. The van der Waals surface area contributed by atoms with Gasteiger partial charge in [0, 0.05) is 51.1 Å². The summed E-state index contributed by atoms with van der Waals surface area (Å²) >= 11 is 0. The fraction of sp³-hybridized carbons (Fsp3) is 0.619. The molecule has 1 aliphatic heterocycles. The zero-order valence-electron chi connectivity index (χ0n) is 16.8. The predicted octanol–water partition coefficient (Wildman–Crippen LogP) is 2.80. The van der Waals surface area contributed by atoms with Crippen LogP contribution in [-0.4, -0.2) is 54.3 Å². The Kier molecular flexibility index (Phi) is 7.78. The van der Waals surface area contributed by atoms with Gasteiger partial charge in [0.25, 0.3) is 0 Å². The third kappa shape index (κ3) is 7.29. The van der Waals surface area contributed by atoms with Crippen molar-refractivity contribution >= 4 is 11.8 Å². The predicted molar refractivity (Wildman–Crippen MR) is 105 cm³/mol. The van der Waals surface area contributed by atoms with Gasteiger partial charge in [0.15, 0.2) is 0 Å². The number of nitrogens with one attached hydrogen (secondary N) is 1. The van der Waals surface area contributed by atoms with Gasteiger partial charge in [-0.05, 0) is 30.5 Å². The third-order valence-corrected chi connectivity index (χ3v) is 4.79. The number of benzene rings is 1. The Morgan fingerprint density at radius 1 is 1.07 bits per heavy atom. The van der Waals surface area contributed by atoms with Crippen molar-refractivity contribution in [3.05, 3.63) is 35.6 Å². The summed E-state index contributed by atoms with van der Waals surface area (Å²) in [7, 11) is 0. The molecule has 1 fully saturated rings. The molecule has 1 aromatic rings. The average molecular weight is 378 g/mol. The molecule has 150 valence electrons. The molecule has 0 spiro atoms. The summed E-state index contributed by atoms with van der Waals surface area (Å²) in [5.74, 6) is -0.0464. The maximum atomic E-state index is 13.0. The quantitative estimate of drug-likeness (QED) is 0.776. The molecule has 1 aromatic carbocycles. The molecule has 1 saturated heterocycles. The van der Waals surface area contributed by atoms with Crippen molar-refractivity contribution in [3.8, 4) is 0 Å². The first kappa shape index (κ1) is 21.4. The van der Waals surface area contributed by atoms with E-state index in [0.29, 0.717) is 25.9 Å². The van der Waals surface area contributed by atoms with Crippen LogP contribution in [0.3, 0.4) is 0 Å². The standard InChI is InChI=1S/C21H32FN3O2/c1-21(2,3)20(27)23-11-4-6-19(26)25-13-5-12-24(14-15-25)16-17-7-9-18(22)10-8-17/h7-10H,4-6,11-16H2,1-3H3,(H,23,27). The zero-order valence-corrected chi connectivity index (χ0v) is 16.8. The van der Waals surface area contributed by atoms with Gasteiger partial charge < -0.3 is 10.2 Å². The molecule has 0 aliphatic carbocycles. The SMILES string of the molecule is CC(C)(C)C(=O)NCCCC(=O)N1CCCN(Cc2ccc(F)cc2)CC1. The maximum Gasteiger partial charge on any atom is 0.225 e. The van der Waals surface area contributed by atoms with Crippen LogP contribution < -0.4 is 5.32 Å². The second-order valence-corrected chi connectivity index (χ2v) is 8.25. The summed E-state index contributed by atoms with van der Waals surface area (Å²) in [5, 5.41) is 2.89. The average Bonchev–Trinajstić information content (AvgIpc) is 2.85. The minimum atomic E-state index is -0.400. The Morgan fingerprint density at radius 2 is 1.78 bits per heavy atom. The van der Waals surface area contributed by atoms with E-state index in [1.807, 2.05) is 37.8 Å². The van der Waals surface area contributed by atoms with Gasteiger partial charge in [-0.3, -0.25) is 14.5 Å². The largest absolute Gasteiger partial charge is 0.356 e. The molecule has 5 nitrogen and oxygen atoms in total. The van der Waals surface area contributed by atoms with Crippen molar-refractivity contribution in [2.75, 3.05) is 32.7 Å². The van der Waals surface area contributed by atoms with E-state index in [4.69, 9.17) is 0 Å². The molecule has 1 heterocycles. The van der Waals surface area contributed by atoms with Gasteiger partial charge in [-0.2, -0.15) is 0 Å². The Labute approximate surface area is 161 Å².